The van der Waals surface area contributed by atoms with Crippen molar-refractivity contribution >= 4 is 6.29 Å². The van der Waals surface area contributed by atoms with Crippen LogP contribution in [0.25, 0.3) is 0 Å². The van der Waals surface area contributed by atoms with Gasteiger partial charge in [-0.1, -0.05) is 26.2 Å². The van der Waals surface area contributed by atoms with E-state index in [1.165, 1.54) is 37.7 Å². The molecule has 1 saturated carbocycles. The van der Waals surface area contributed by atoms with Crippen LogP contribution in [0.1, 0.15) is 66.6 Å². The Labute approximate surface area is 97.1 Å². The SMILES string of the molecule is CCc1ncc(C2CCCCC2)cc1C=O. The number of carbonyl (C=O) groups excluding carboxylic acids is 1. The van der Waals surface area contributed by atoms with Gasteiger partial charge in [-0.05, 0) is 36.8 Å². The molecule has 0 aliphatic heterocycles. The molecule has 0 N–H and O–H groups in total. The van der Waals surface area contributed by atoms with Gasteiger partial charge in [-0.3, -0.25) is 9.78 Å². The fraction of sp³-hybridized carbons (Fsp3) is 0.571. The summed E-state index contributed by atoms with van der Waals surface area (Å²) in [5.74, 6) is 0.630. The molecule has 2 heteroatoms. The lowest BCUT2D eigenvalue weighted by Crippen LogP contribution is -2.07. The third-order valence-corrected chi connectivity index (χ3v) is 3.56. The lowest BCUT2D eigenvalue weighted by atomic mass is 9.84. The summed E-state index contributed by atoms with van der Waals surface area (Å²) in [5, 5.41) is 0. The molecule has 0 saturated heterocycles. The second-order valence-electron chi connectivity index (χ2n) is 4.61. The Morgan fingerprint density at radius 3 is 2.75 bits per heavy atom. The molecule has 0 amide bonds. The van der Waals surface area contributed by atoms with Gasteiger partial charge in [-0.2, -0.15) is 0 Å². The summed E-state index contributed by atoms with van der Waals surface area (Å²) in [6.07, 6.45) is 10.3. The molecule has 86 valence electrons. The van der Waals surface area contributed by atoms with Crippen molar-refractivity contribution in [1.29, 1.82) is 0 Å². The Morgan fingerprint density at radius 2 is 2.12 bits per heavy atom. The number of hydrogen-bond donors (Lipinski definition) is 0. The molecule has 1 heterocycles. The molecular formula is C14H19NO. The lowest BCUT2D eigenvalue weighted by molar-refractivity contribution is 0.112. The highest BCUT2D eigenvalue weighted by atomic mass is 16.1. The Balaban J connectivity index is 2.24. The van der Waals surface area contributed by atoms with E-state index in [-0.39, 0.29) is 0 Å². The van der Waals surface area contributed by atoms with Gasteiger partial charge in [-0.25, -0.2) is 0 Å². The number of hydrogen-bond acceptors (Lipinski definition) is 2. The molecule has 0 atom stereocenters. The van der Waals surface area contributed by atoms with E-state index in [1.54, 1.807) is 0 Å². The van der Waals surface area contributed by atoms with Crippen LogP contribution in [0.3, 0.4) is 0 Å². The molecule has 1 aromatic rings. The quantitative estimate of drug-likeness (QED) is 0.725. The van der Waals surface area contributed by atoms with Crippen molar-refractivity contribution in [3.8, 4) is 0 Å². The van der Waals surface area contributed by atoms with Crippen molar-refractivity contribution in [2.45, 2.75) is 51.4 Å². The zero-order chi connectivity index (χ0) is 11.4. The zero-order valence-corrected chi connectivity index (χ0v) is 9.91. The van der Waals surface area contributed by atoms with Gasteiger partial charge in [0.05, 0.1) is 5.69 Å². The summed E-state index contributed by atoms with van der Waals surface area (Å²) in [6.45, 7) is 2.04. The van der Waals surface area contributed by atoms with Crippen LogP contribution in [0.5, 0.6) is 0 Å². The van der Waals surface area contributed by atoms with Crippen LogP contribution < -0.4 is 0 Å². The third kappa shape index (κ3) is 2.31. The fourth-order valence-corrected chi connectivity index (χ4v) is 2.58. The van der Waals surface area contributed by atoms with E-state index < -0.39 is 0 Å². The van der Waals surface area contributed by atoms with Crippen LogP contribution >= 0.6 is 0 Å². The normalized spacial score (nSPS) is 17.3. The Kier molecular flexibility index (Phi) is 3.70. The molecular weight excluding hydrogens is 198 g/mol. The average Bonchev–Trinajstić information content (AvgIpc) is 2.39. The van der Waals surface area contributed by atoms with Gasteiger partial charge in [0.25, 0.3) is 0 Å². The van der Waals surface area contributed by atoms with Crippen LogP contribution in [0, 0.1) is 0 Å². The highest BCUT2D eigenvalue weighted by molar-refractivity contribution is 5.76. The zero-order valence-electron chi connectivity index (χ0n) is 9.91. The van der Waals surface area contributed by atoms with E-state index >= 15 is 0 Å². The minimum absolute atomic E-state index is 0.630. The molecule has 1 fully saturated rings. The van der Waals surface area contributed by atoms with Crippen LogP contribution in [-0.2, 0) is 6.42 Å². The minimum atomic E-state index is 0.630. The average molecular weight is 217 g/mol. The number of aldehydes is 1. The predicted molar refractivity (Wildman–Crippen MR) is 64.8 cm³/mol. The fourth-order valence-electron chi connectivity index (χ4n) is 2.58. The van der Waals surface area contributed by atoms with Crippen molar-refractivity contribution in [2.75, 3.05) is 0 Å². The third-order valence-electron chi connectivity index (χ3n) is 3.56. The lowest BCUT2D eigenvalue weighted by Gasteiger charge is -2.22. The maximum absolute atomic E-state index is 11.0. The Hall–Kier alpha value is -1.18. The second kappa shape index (κ2) is 5.24. The topological polar surface area (TPSA) is 30.0 Å². The predicted octanol–water partition coefficient (Wildman–Crippen LogP) is 3.50. The Morgan fingerprint density at radius 1 is 1.38 bits per heavy atom. The minimum Gasteiger partial charge on any atom is -0.298 e. The largest absolute Gasteiger partial charge is 0.298 e. The first kappa shape index (κ1) is 11.3. The number of rotatable bonds is 3. The maximum Gasteiger partial charge on any atom is 0.151 e. The van der Waals surface area contributed by atoms with Crippen molar-refractivity contribution < 1.29 is 4.79 Å². The summed E-state index contributed by atoms with van der Waals surface area (Å²) in [4.78, 5) is 15.4. The van der Waals surface area contributed by atoms with Crippen molar-refractivity contribution in [2.24, 2.45) is 0 Å². The van der Waals surface area contributed by atoms with Gasteiger partial charge in [0.2, 0.25) is 0 Å². The first-order valence-corrected chi connectivity index (χ1v) is 6.29. The van der Waals surface area contributed by atoms with Crippen LogP contribution in [0.4, 0.5) is 0 Å². The number of aryl methyl sites for hydroxylation is 1. The van der Waals surface area contributed by atoms with Gasteiger partial charge in [-0.15, -0.1) is 0 Å². The van der Waals surface area contributed by atoms with Gasteiger partial charge in [0, 0.05) is 11.8 Å². The molecule has 2 nitrogen and oxygen atoms in total. The molecule has 0 radical (unpaired) electrons. The molecule has 0 aromatic carbocycles. The summed E-state index contributed by atoms with van der Waals surface area (Å²) in [7, 11) is 0. The summed E-state index contributed by atoms with van der Waals surface area (Å²) < 4.78 is 0. The first-order valence-electron chi connectivity index (χ1n) is 6.29. The van der Waals surface area contributed by atoms with Crippen molar-refractivity contribution in [1.82, 2.24) is 4.98 Å². The number of aromatic nitrogens is 1. The second-order valence-corrected chi connectivity index (χ2v) is 4.61. The van der Waals surface area contributed by atoms with E-state index in [1.807, 2.05) is 13.1 Å². The van der Waals surface area contributed by atoms with E-state index in [9.17, 15) is 4.79 Å². The summed E-state index contributed by atoms with van der Waals surface area (Å²) >= 11 is 0. The number of pyridine rings is 1. The van der Waals surface area contributed by atoms with Gasteiger partial charge < -0.3 is 0 Å². The van der Waals surface area contributed by atoms with Gasteiger partial charge in [0.15, 0.2) is 6.29 Å². The summed E-state index contributed by atoms with van der Waals surface area (Å²) in [6, 6.07) is 2.05. The van der Waals surface area contributed by atoms with Gasteiger partial charge >= 0.3 is 0 Å². The van der Waals surface area contributed by atoms with Gasteiger partial charge in [0.1, 0.15) is 0 Å². The molecule has 1 aromatic heterocycles. The highest BCUT2D eigenvalue weighted by Crippen LogP contribution is 2.32. The molecule has 0 unspecified atom stereocenters. The van der Waals surface area contributed by atoms with E-state index in [0.29, 0.717) is 5.92 Å². The Bertz CT molecular complexity index is 367. The van der Waals surface area contributed by atoms with Crippen LogP contribution in [-0.4, -0.2) is 11.3 Å². The first-order chi connectivity index (χ1) is 7.85. The van der Waals surface area contributed by atoms with Crippen molar-refractivity contribution in [3.05, 3.63) is 29.1 Å². The van der Waals surface area contributed by atoms with Crippen LogP contribution in [0.2, 0.25) is 0 Å². The highest BCUT2D eigenvalue weighted by Gasteiger charge is 2.16. The van der Waals surface area contributed by atoms with E-state index in [0.717, 1.165) is 24.0 Å². The maximum atomic E-state index is 11.0. The molecule has 1 aliphatic rings. The molecule has 16 heavy (non-hydrogen) atoms. The van der Waals surface area contributed by atoms with E-state index in [2.05, 4.69) is 11.1 Å². The standard InChI is InChI=1S/C14H19NO/c1-2-14-13(10-16)8-12(9-15-14)11-6-4-3-5-7-11/h8-11H,2-7H2,1H3. The van der Waals surface area contributed by atoms with Crippen molar-refractivity contribution in [3.63, 3.8) is 0 Å². The number of nitrogens with zero attached hydrogens (tertiary/aromatic N) is 1. The monoisotopic (exact) mass is 217 g/mol. The molecule has 0 spiro atoms. The number of carbonyl (C=O) groups is 1. The van der Waals surface area contributed by atoms with E-state index in [4.69, 9.17) is 0 Å². The molecule has 2 rings (SSSR count). The molecule has 0 bridgehead atoms. The summed E-state index contributed by atoms with van der Waals surface area (Å²) in [5.41, 5.74) is 2.97. The molecule has 1 aliphatic carbocycles. The van der Waals surface area contributed by atoms with Crippen LogP contribution in [0.15, 0.2) is 12.3 Å². The smallest absolute Gasteiger partial charge is 0.151 e.